The molecule has 26 heavy (non-hydrogen) atoms. The minimum absolute atomic E-state index is 0.00546. The number of morpholine rings is 1. The number of ether oxygens (including phenoxy) is 2. The van der Waals surface area contributed by atoms with Crippen molar-refractivity contribution in [3.8, 4) is 0 Å². The highest BCUT2D eigenvalue weighted by molar-refractivity contribution is 7.50. The van der Waals surface area contributed by atoms with Gasteiger partial charge < -0.3 is 30.3 Å². The highest BCUT2D eigenvalue weighted by atomic mass is 31.2. The molecule has 0 radical (unpaired) electrons. The van der Waals surface area contributed by atoms with Crippen LogP contribution in [0.15, 0.2) is 17.1 Å². The van der Waals surface area contributed by atoms with E-state index in [1.165, 1.54) is 16.9 Å². The minimum Gasteiger partial charge on any atom is -0.387 e. The summed E-state index contributed by atoms with van der Waals surface area (Å²) >= 11 is 0. The van der Waals surface area contributed by atoms with Gasteiger partial charge >= 0.3 is 13.4 Å². The van der Waals surface area contributed by atoms with Gasteiger partial charge in [0.25, 0.3) is 0 Å². The van der Waals surface area contributed by atoms with E-state index in [9.17, 15) is 24.5 Å². The van der Waals surface area contributed by atoms with Crippen molar-refractivity contribution >= 4 is 13.6 Å². The van der Waals surface area contributed by atoms with Crippen LogP contribution >= 0.6 is 7.75 Å². The molecule has 146 valence electrons. The molecule has 0 spiro atoms. The number of hydrogen-bond donors (Lipinski definition) is 4. The second kappa shape index (κ2) is 7.71. The van der Waals surface area contributed by atoms with Crippen LogP contribution < -0.4 is 11.4 Å². The molecule has 3 heterocycles. The fraction of sp³-hybridized carbons (Fsp3) is 0.692. The van der Waals surface area contributed by atoms with Gasteiger partial charge in [0.05, 0.1) is 19.8 Å². The van der Waals surface area contributed by atoms with E-state index >= 15 is 0 Å². The highest BCUT2D eigenvalue weighted by Gasteiger charge is 2.45. The Balaban J connectivity index is 1.66. The molecule has 2 unspecified atom stereocenters. The molecule has 0 amide bonds. The highest BCUT2D eigenvalue weighted by Crippen LogP contribution is 2.47. The number of hydrogen-bond acceptors (Lipinski definition) is 9. The van der Waals surface area contributed by atoms with Gasteiger partial charge in [-0.15, -0.1) is 0 Å². The molecule has 0 aliphatic carbocycles. The summed E-state index contributed by atoms with van der Waals surface area (Å²) in [6, 6.07) is 1.34. The molecule has 1 aromatic rings. The molecule has 5 atom stereocenters. The number of nitrogens with two attached hydrogens (primary N) is 1. The first-order valence-electron chi connectivity index (χ1n) is 7.96. The van der Waals surface area contributed by atoms with Crippen LogP contribution in [0.1, 0.15) is 6.23 Å². The number of aromatic nitrogens is 2. The largest absolute Gasteiger partial charge is 0.405 e. The van der Waals surface area contributed by atoms with Gasteiger partial charge in [0.1, 0.15) is 24.1 Å². The van der Waals surface area contributed by atoms with Crippen LogP contribution in [0.25, 0.3) is 0 Å². The molecule has 5 N–H and O–H groups in total. The van der Waals surface area contributed by atoms with Crippen molar-refractivity contribution in [2.24, 2.45) is 0 Å². The normalized spacial score (nSPS) is 32.4. The summed E-state index contributed by atoms with van der Waals surface area (Å²) in [5, 5.41) is 20.3. The SMILES string of the molecule is Nc1ccn([C@@H]2O[C@H](COP(=O)(O)N3CCOCC3)C(O)[C@@H]2O)c(=O)n1. The minimum atomic E-state index is -4.09. The Morgan fingerprint density at radius 2 is 2.04 bits per heavy atom. The van der Waals surface area contributed by atoms with Crippen molar-refractivity contribution in [2.75, 3.05) is 38.6 Å². The molecule has 0 aromatic carbocycles. The van der Waals surface area contributed by atoms with Gasteiger partial charge in [-0.2, -0.15) is 4.98 Å². The summed E-state index contributed by atoms with van der Waals surface area (Å²) in [5.41, 5.74) is 4.65. The maximum Gasteiger partial charge on any atom is 0.405 e. The van der Waals surface area contributed by atoms with E-state index in [4.69, 9.17) is 19.7 Å². The first-order valence-corrected chi connectivity index (χ1v) is 9.49. The summed E-state index contributed by atoms with van der Waals surface area (Å²) in [7, 11) is -4.09. The Hall–Kier alpha value is -1.37. The van der Waals surface area contributed by atoms with E-state index in [1.807, 2.05) is 0 Å². The molecule has 13 heteroatoms. The van der Waals surface area contributed by atoms with Crippen molar-refractivity contribution in [1.29, 1.82) is 0 Å². The van der Waals surface area contributed by atoms with Gasteiger partial charge in [0.15, 0.2) is 6.23 Å². The Kier molecular flexibility index (Phi) is 5.75. The first kappa shape index (κ1) is 19.4. The fourth-order valence-corrected chi connectivity index (χ4v) is 3.95. The van der Waals surface area contributed by atoms with E-state index in [1.54, 1.807) is 0 Å². The van der Waals surface area contributed by atoms with Crippen LogP contribution in [0.4, 0.5) is 5.82 Å². The molecule has 0 saturated carbocycles. The molecule has 12 nitrogen and oxygen atoms in total. The predicted molar refractivity (Wildman–Crippen MR) is 87.0 cm³/mol. The quantitative estimate of drug-likeness (QED) is 0.405. The van der Waals surface area contributed by atoms with E-state index < -0.39 is 44.6 Å². The summed E-state index contributed by atoms with van der Waals surface area (Å²) in [5.74, 6) is 0.00546. The maximum absolute atomic E-state index is 12.3. The molecule has 1 aromatic heterocycles. The van der Waals surface area contributed by atoms with Gasteiger partial charge in [-0.05, 0) is 6.07 Å². The lowest BCUT2D eigenvalue weighted by Crippen LogP contribution is -2.37. The second-order valence-electron chi connectivity index (χ2n) is 5.94. The van der Waals surface area contributed by atoms with Crippen LogP contribution in [-0.2, 0) is 18.6 Å². The number of rotatable bonds is 5. The van der Waals surface area contributed by atoms with Crippen molar-refractivity contribution in [2.45, 2.75) is 24.5 Å². The third kappa shape index (κ3) is 3.97. The van der Waals surface area contributed by atoms with Gasteiger partial charge in [-0.25, -0.2) is 14.0 Å². The van der Waals surface area contributed by atoms with Crippen LogP contribution in [0, 0.1) is 0 Å². The molecule has 2 fully saturated rings. The van der Waals surface area contributed by atoms with Gasteiger partial charge in [0, 0.05) is 19.3 Å². The number of anilines is 1. The van der Waals surface area contributed by atoms with E-state index in [2.05, 4.69) is 4.98 Å². The lowest BCUT2D eigenvalue weighted by molar-refractivity contribution is -0.0545. The standard InChI is InChI=1S/C13H21N4O8P/c14-9-1-2-17(13(20)15-9)12-11(19)10(18)8(25-12)7-24-26(21,22)16-3-5-23-6-4-16/h1-2,8,10-12,18-19H,3-7H2,(H,21,22)(H2,14,15,20)/t8-,10?,11+,12-/m1/s1. The Morgan fingerprint density at radius 1 is 1.35 bits per heavy atom. The summed E-state index contributed by atoms with van der Waals surface area (Å²) < 4.78 is 30.1. The van der Waals surface area contributed by atoms with Gasteiger partial charge in [-0.3, -0.25) is 9.09 Å². The average Bonchev–Trinajstić information content (AvgIpc) is 2.89. The Morgan fingerprint density at radius 3 is 2.69 bits per heavy atom. The number of aliphatic hydroxyl groups is 2. The lowest BCUT2D eigenvalue weighted by atomic mass is 10.1. The summed E-state index contributed by atoms with van der Waals surface area (Å²) in [6.07, 6.45) is -3.93. The molecular formula is C13H21N4O8P. The number of nitrogen functional groups attached to an aromatic ring is 1. The van der Waals surface area contributed by atoms with Crippen molar-refractivity contribution in [3.63, 3.8) is 0 Å². The van der Waals surface area contributed by atoms with Crippen molar-refractivity contribution in [1.82, 2.24) is 14.2 Å². The average molecular weight is 392 g/mol. The van der Waals surface area contributed by atoms with Crippen LogP contribution in [0.3, 0.4) is 0 Å². The number of nitrogens with zero attached hydrogens (tertiary/aromatic N) is 3. The van der Waals surface area contributed by atoms with E-state index in [0.717, 1.165) is 4.57 Å². The van der Waals surface area contributed by atoms with E-state index in [-0.39, 0.29) is 18.9 Å². The smallest absolute Gasteiger partial charge is 0.387 e. The monoisotopic (exact) mass is 392 g/mol. The maximum atomic E-state index is 12.3. The van der Waals surface area contributed by atoms with Gasteiger partial charge in [0.2, 0.25) is 0 Å². The lowest BCUT2D eigenvalue weighted by Gasteiger charge is -2.30. The topological polar surface area (TPSA) is 170 Å². The van der Waals surface area contributed by atoms with Crippen LogP contribution in [-0.4, -0.2) is 80.6 Å². The Labute approximate surface area is 148 Å². The first-order chi connectivity index (χ1) is 12.3. The molecule has 0 bridgehead atoms. The van der Waals surface area contributed by atoms with E-state index in [0.29, 0.717) is 13.2 Å². The molecule has 2 aliphatic heterocycles. The molecule has 2 saturated heterocycles. The third-order valence-electron chi connectivity index (χ3n) is 4.21. The molecule has 2 aliphatic rings. The fourth-order valence-electron chi connectivity index (χ4n) is 2.77. The summed E-state index contributed by atoms with van der Waals surface area (Å²) in [4.78, 5) is 25.4. The second-order valence-corrected chi connectivity index (χ2v) is 7.75. The zero-order valence-corrected chi connectivity index (χ0v) is 14.6. The molecular weight excluding hydrogens is 371 g/mol. The number of aliphatic hydroxyl groups excluding tert-OH is 2. The van der Waals surface area contributed by atoms with Crippen molar-refractivity contribution < 1.29 is 33.7 Å². The van der Waals surface area contributed by atoms with Crippen LogP contribution in [0.2, 0.25) is 0 Å². The third-order valence-corrected chi connectivity index (χ3v) is 5.82. The Bertz CT molecular complexity index is 739. The molecule has 3 rings (SSSR count). The summed E-state index contributed by atoms with van der Waals surface area (Å²) in [6.45, 7) is 0.644. The van der Waals surface area contributed by atoms with Crippen molar-refractivity contribution in [3.05, 3.63) is 22.7 Å². The van der Waals surface area contributed by atoms with Gasteiger partial charge in [-0.1, -0.05) is 0 Å². The van der Waals surface area contributed by atoms with Crippen LogP contribution in [0.5, 0.6) is 0 Å². The zero-order chi connectivity index (χ0) is 18.9. The predicted octanol–water partition coefficient (Wildman–Crippen LogP) is -2.11. The zero-order valence-electron chi connectivity index (χ0n) is 13.7.